The average molecular weight is 825 g/mol. The van der Waals surface area contributed by atoms with E-state index in [9.17, 15) is 24.3 Å². The molecule has 5 aromatic rings. The van der Waals surface area contributed by atoms with Crippen LogP contribution in [0.5, 0.6) is 11.5 Å². The van der Waals surface area contributed by atoms with Gasteiger partial charge in [0.25, 0.3) is 5.91 Å². The predicted molar refractivity (Wildman–Crippen MR) is 231 cm³/mol. The van der Waals surface area contributed by atoms with E-state index in [4.69, 9.17) is 4.74 Å². The van der Waals surface area contributed by atoms with Crippen molar-refractivity contribution in [2.24, 2.45) is 7.05 Å². The molecule has 5 amide bonds. The highest BCUT2D eigenvalue weighted by Gasteiger charge is 2.51. The minimum absolute atomic E-state index is 0.0364. The number of carbonyl (C=O) groups excluding carboxylic acids is 4. The van der Waals surface area contributed by atoms with Gasteiger partial charge in [-0.25, -0.2) is 14.8 Å². The molecule has 8 rings (SSSR count). The minimum atomic E-state index is -0.931. The number of nitrogens with one attached hydrogen (secondary N) is 1. The van der Waals surface area contributed by atoms with E-state index >= 15 is 0 Å². The number of para-hydroxylation sites is 1. The molecule has 0 saturated carbocycles. The van der Waals surface area contributed by atoms with E-state index in [-0.39, 0.29) is 62.6 Å². The number of urea groups is 1. The van der Waals surface area contributed by atoms with E-state index in [0.29, 0.717) is 18.7 Å². The molecular formula is C47H52N8O6. The average Bonchev–Trinajstić information content (AvgIpc) is 3.62. The molecule has 316 valence electrons. The number of fused-ring (bicyclic) bond motifs is 2. The van der Waals surface area contributed by atoms with Crippen LogP contribution in [0.4, 0.5) is 4.79 Å². The fourth-order valence-electron chi connectivity index (χ4n) is 8.88. The summed E-state index contributed by atoms with van der Waals surface area (Å²) < 4.78 is 7.25. The maximum Gasteiger partial charge on any atom is 0.334 e. The summed E-state index contributed by atoms with van der Waals surface area (Å²) in [7, 11) is 3.57. The molecule has 2 atom stereocenters. The molecular weight excluding hydrogens is 773 g/mol. The minimum Gasteiger partial charge on any atom is -0.508 e. The molecule has 0 spiro atoms. The number of methoxy groups -OCH3 is 1. The van der Waals surface area contributed by atoms with Crippen LogP contribution >= 0.6 is 0 Å². The van der Waals surface area contributed by atoms with Gasteiger partial charge in [0.15, 0.2) is 0 Å². The van der Waals surface area contributed by atoms with Crippen LogP contribution in [0.2, 0.25) is 0 Å². The molecule has 0 aliphatic carbocycles. The predicted octanol–water partition coefficient (Wildman–Crippen LogP) is 4.59. The van der Waals surface area contributed by atoms with Crippen molar-refractivity contribution in [2.75, 3.05) is 52.9 Å². The van der Waals surface area contributed by atoms with Gasteiger partial charge < -0.3 is 34.4 Å². The van der Waals surface area contributed by atoms with Gasteiger partial charge in [-0.1, -0.05) is 78.9 Å². The molecule has 1 aromatic heterocycles. The normalized spacial score (nSPS) is 18.7. The molecule has 4 aromatic carbocycles. The number of nitrogens with zero attached hydrogens (tertiary/aromatic N) is 7. The fourth-order valence-corrected chi connectivity index (χ4v) is 8.88. The number of piperazine rings is 2. The number of aromatic nitrogens is 1. The Morgan fingerprint density at radius 3 is 2.30 bits per heavy atom. The summed E-state index contributed by atoms with van der Waals surface area (Å²) in [5, 5.41) is 17.1. The maximum atomic E-state index is 14.8. The first kappa shape index (κ1) is 41.1. The topological polar surface area (TPSA) is 134 Å². The quantitative estimate of drug-likeness (QED) is 0.175. The third-order valence-corrected chi connectivity index (χ3v) is 11.9. The van der Waals surface area contributed by atoms with Crippen molar-refractivity contribution < 1.29 is 29.0 Å². The highest BCUT2D eigenvalue weighted by molar-refractivity contribution is 6.07. The number of phenolic OH excluding ortho intramolecular Hbond substituents is 1. The van der Waals surface area contributed by atoms with Crippen LogP contribution in [-0.4, -0.2) is 128 Å². The molecule has 3 aliphatic heterocycles. The molecule has 14 nitrogen and oxygen atoms in total. The number of amides is 5. The summed E-state index contributed by atoms with van der Waals surface area (Å²) in [5.74, 6) is 0.350. The second-order valence-electron chi connectivity index (χ2n) is 15.9. The zero-order valence-corrected chi connectivity index (χ0v) is 34.7. The number of phenols is 1. The van der Waals surface area contributed by atoms with Crippen molar-refractivity contribution in [2.45, 2.75) is 38.3 Å². The van der Waals surface area contributed by atoms with Crippen LogP contribution in [0, 0.1) is 0 Å². The molecule has 0 radical (unpaired) electrons. The zero-order valence-electron chi connectivity index (χ0n) is 34.7. The molecule has 3 saturated heterocycles. The number of benzene rings is 4. The Balaban J connectivity index is 1.06. The Hall–Kier alpha value is -6.64. The van der Waals surface area contributed by atoms with Gasteiger partial charge in [0.2, 0.25) is 11.8 Å². The lowest BCUT2D eigenvalue weighted by Crippen LogP contribution is -2.76. The van der Waals surface area contributed by atoms with E-state index in [2.05, 4.69) is 28.9 Å². The number of hydrogen-bond donors (Lipinski definition) is 2. The van der Waals surface area contributed by atoms with Crippen LogP contribution in [0.3, 0.4) is 0 Å². The summed E-state index contributed by atoms with van der Waals surface area (Å²) >= 11 is 0. The third-order valence-electron chi connectivity index (χ3n) is 11.9. The summed E-state index contributed by atoms with van der Waals surface area (Å²) in [6, 6.07) is 28.7. The van der Waals surface area contributed by atoms with Crippen LogP contribution in [0.25, 0.3) is 10.9 Å². The molecule has 14 heteroatoms. The summed E-state index contributed by atoms with van der Waals surface area (Å²) in [5.41, 5.74) is 5.13. The summed E-state index contributed by atoms with van der Waals surface area (Å²) in [6.45, 7) is 8.02. The zero-order chi connectivity index (χ0) is 42.6. The van der Waals surface area contributed by atoms with E-state index < -0.39 is 18.2 Å². The number of aryl methyl sites for hydroxylation is 1. The number of hydrogen-bond acceptors (Lipinski definition) is 8. The fraction of sp³-hybridized carbons (Fsp3) is 0.319. The van der Waals surface area contributed by atoms with Crippen molar-refractivity contribution in [1.29, 1.82) is 0 Å². The van der Waals surface area contributed by atoms with Gasteiger partial charge in [0.1, 0.15) is 23.7 Å². The lowest BCUT2D eigenvalue weighted by molar-refractivity contribution is -0.189. The Morgan fingerprint density at radius 2 is 1.59 bits per heavy atom. The number of carbonyl (C=O) groups is 4. The lowest BCUT2D eigenvalue weighted by Gasteiger charge is -2.55. The van der Waals surface area contributed by atoms with Gasteiger partial charge in [-0.15, -0.1) is 6.58 Å². The Bertz CT molecular complexity index is 2390. The first-order chi connectivity index (χ1) is 29.6. The van der Waals surface area contributed by atoms with Gasteiger partial charge in [0, 0.05) is 77.4 Å². The highest BCUT2D eigenvalue weighted by atomic mass is 16.5. The van der Waals surface area contributed by atoms with E-state index in [0.717, 1.165) is 53.0 Å². The standard InChI is InChI=1S/C47H52N8O6/c1-4-21-53-32-43(57)54-41(26-33-13-17-37(56)18-14-33)46(59)52(31-42(54)55(53)47(60)48-27-34-9-6-5-7-10-34)29-36-11-8-12-39-40(30-49(2)44(36)39)45(58)51-24-22-50(23-25-51)28-35-15-19-38(61-3)20-16-35/h4-20,30,41-42,56H,1,21-29,31-32H2,2-3H3,(H,48,60)/t41-,42-/m0/s1. The molecule has 61 heavy (non-hydrogen) atoms. The van der Waals surface area contributed by atoms with Gasteiger partial charge in [-0.3, -0.25) is 19.3 Å². The Kier molecular flexibility index (Phi) is 12.1. The SMILES string of the molecule is C=CCN1CC(=O)N2[C@@H](Cc3ccc(O)cc3)C(=O)N(Cc3cccc4c(C(=O)N5CCN(Cc6ccc(OC)cc6)CC5)cn(C)c34)C[C@@H]2N1C(=O)NCc1ccccc1. The van der Waals surface area contributed by atoms with Gasteiger partial charge in [-0.2, -0.15) is 0 Å². The Morgan fingerprint density at radius 1 is 0.869 bits per heavy atom. The summed E-state index contributed by atoms with van der Waals surface area (Å²) in [4.78, 5) is 64.8. The van der Waals surface area contributed by atoms with Gasteiger partial charge in [0.05, 0.1) is 31.3 Å². The van der Waals surface area contributed by atoms with E-state index in [1.54, 1.807) is 57.3 Å². The first-order valence-corrected chi connectivity index (χ1v) is 20.7. The third kappa shape index (κ3) is 8.68. The molecule has 0 bridgehead atoms. The molecule has 2 N–H and O–H groups in total. The lowest BCUT2D eigenvalue weighted by atomic mass is 9.98. The second kappa shape index (κ2) is 17.9. The number of aromatic hydroxyl groups is 1. The molecule has 4 heterocycles. The van der Waals surface area contributed by atoms with Crippen LogP contribution in [0.15, 0.2) is 116 Å². The summed E-state index contributed by atoms with van der Waals surface area (Å²) in [6.07, 6.45) is 2.88. The largest absolute Gasteiger partial charge is 0.508 e. The van der Waals surface area contributed by atoms with Crippen molar-refractivity contribution in [3.63, 3.8) is 0 Å². The van der Waals surface area contributed by atoms with Gasteiger partial charge >= 0.3 is 6.03 Å². The van der Waals surface area contributed by atoms with Crippen LogP contribution in [0.1, 0.15) is 32.6 Å². The van der Waals surface area contributed by atoms with Crippen molar-refractivity contribution in [1.82, 2.24) is 39.5 Å². The van der Waals surface area contributed by atoms with Crippen molar-refractivity contribution in [3.05, 3.63) is 144 Å². The molecule has 0 unspecified atom stereocenters. The number of hydrazine groups is 1. The first-order valence-electron chi connectivity index (χ1n) is 20.7. The van der Waals surface area contributed by atoms with Crippen LogP contribution in [-0.2, 0) is 42.7 Å². The van der Waals surface area contributed by atoms with Crippen molar-refractivity contribution in [3.8, 4) is 11.5 Å². The maximum absolute atomic E-state index is 14.8. The molecule has 3 aliphatic rings. The van der Waals surface area contributed by atoms with Gasteiger partial charge in [-0.05, 0) is 46.5 Å². The monoisotopic (exact) mass is 824 g/mol. The Labute approximate surface area is 355 Å². The number of ether oxygens (including phenoxy) is 1. The van der Waals surface area contributed by atoms with Crippen molar-refractivity contribution >= 4 is 34.7 Å². The smallest absolute Gasteiger partial charge is 0.334 e. The number of rotatable bonds is 12. The second-order valence-corrected chi connectivity index (χ2v) is 15.9. The van der Waals surface area contributed by atoms with E-state index in [1.807, 2.05) is 83.4 Å². The van der Waals surface area contributed by atoms with E-state index in [1.165, 1.54) is 5.56 Å². The highest BCUT2D eigenvalue weighted by Crippen LogP contribution is 2.32. The molecule has 3 fully saturated rings. The van der Waals surface area contributed by atoms with Crippen LogP contribution < -0.4 is 10.1 Å².